The molecule has 0 bridgehead atoms. The van der Waals surface area contributed by atoms with Crippen LogP contribution >= 0.6 is 0 Å². The minimum Gasteiger partial charge on any atom is -0.414 e. The third-order valence-corrected chi connectivity index (χ3v) is 10.9. The molecule has 30 heavy (non-hydrogen) atoms. The first-order valence-corrected chi connectivity index (χ1v) is 13.6. The Labute approximate surface area is 182 Å². The van der Waals surface area contributed by atoms with Crippen molar-refractivity contribution in [3.05, 3.63) is 35.9 Å². The Morgan fingerprint density at radius 1 is 1.17 bits per heavy atom. The van der Waals surface area contributed by atoms with Gasteiger partial charge < -0.3 is 23.4 Å². The van der Waals surface area contributed by atoms with E-state index in [0.717, 1.165) is 5.56 Å². The van der Waals surface area contributed by atoms with Crippen molar-refractivity contribution >= 4 is 8.32 Å². The highest BCUT2D eigenvalue weighted by Crippen LogP contribution is 2.48. The second-order valence-electron chi connectivity index (χ2n) is 10.3. The molecule has 0 spiro atoms. The predicted molar refractivity (Wildman–Crippen MR) is 120 cm³/mol. The number of hydrogen-bond donors (Lipinski definition) is 0. The maximum absolute atomic E-state index is 6.55. The molecule has 0 radical (unpaired) electrons. The van der Waals surface area contributed by atoms with E-state index in [-0.39, 0.29) is 17.2 Å². The molecule has 0 unspecified atom stereocenters. The van der Waals surface area contributed by atoms with E-state index in [1.807, 2.05) is 44.2 Å². The molecule has 2 saturated heterocycles. The van der Waals surface area contributed by atoms with Crippen molar-refractivity contribution < 1.29 is 23.4 Å². The van der Waals surface area contributed by atoms with Gasteiger partial charge in [0.1, 0.15) is 12.2 Å². The molecule has 0 aliphatic carbocycles. The molecule has 5 nitrogen and oxygen atoms in total. The summed E-state index contributed by atoms with van der Waals surface area (Å²) >= 11 is 0. The topological polar surface area (TPSA) is 46.2 Å². The number of benzene rings is 1. The van der Waals surface area contributed by atoms with Gasteiger partial charge in [-0.1, -0.05) is 57.0 Å². The Bertz CT molecular complexity index is 764. The number of rotatable bonds is 7. The van der Waals surface area contributed by atoms with Gasteiger partial charge in [-0.2, -0.15) is 0 Å². The van der Waals surface area contributed by atoms with Crippen LogP contribution in [0.1, 0.15) is 40.2 Å². The quantitative estimate of drug-likeness (QED) is 0.468. The van der Waals surface area contributed by atoms with E-state index in [0.29, 0.717) is 19.8 Å². The third kappa shape index (κ3) is 4.67. The fourth-order valence-corrected chi connectivity index (χ4v) is 4.79. The van der Waals surface area contributed by atoms with E-state index in [9.17, 15) is 0 Å². The van der Waals surface area contributed by atoms with Crippen molar-refractivity contribution in [1.29, 1.82) is 0 Å². The Balaban J connectivity index is 1.75. The molecule has 0 aromatic heterocycles. The fraction of sp³-hybridized carbons (Fsp3) is 0.667. The van der Waals surface area contributed by atoms with Crippen LogP contribution in [0.5, 0.6) is 0 Å². The summed E-state index contributed by atoms with van der Waals surface area (Å²) in [7, 11) is -2.01. The van der Waals surface area contributed by atoms with E-state index in [1.54, 1.807) is 0 Å². The van der Waals surface area contributed by atoms with Crippen LogP contribution in [0.2, 0.25) is 18.1 Å². The lowest BCUT2D eigenvalue weighted by Crippen LogP contribution is -2.54. The zero-order valence-electron chi connectivity index (χ0n) is 19.4. The largest absolute Gasteiger partial charge is 0.414 e. The van der Waals surface area contributed by atoms with Gasteiger partial charge in [0, 0.05) is 0 Å². The second-order valence-corrected chi connectivity index (χ2v) is 15.1. The lowest BCUT2D eigenvalue weighted by atomic mass is 9.92. The Morgan fingerprint density at radius 2 is 1.83 bits per heavy atom. The average molecular weight is 433 g/mol. The molecule has 166 valence electrons. The standard InChI is InChI=1S/C24H36O5Si/c1-9-20-24(17-26-30(7,8)22(2,3)4)21(28-23(5,6)29-24)19(27-20)16-25-15-18-13-11-10-12-14-18/h1,10-14,19-21H,15-17H2,2-8H3/t19-,20-,21-,24+/m1/s1. The van der Waals surface area contributed by atoms with Crippen LogP contribution in [0.25, 0.3) is 0 Å². The summed E-state index contributed by atoms with van der Waals surface area (Å²) in [5.41, 5.74) is 0.273. The minimum absolute atomic E-state index is 0.0808. The van der Waals surface area contributed by atoms with Gasteiger partial charge in [-0.25, -0.2) is 0 Å². The highest BCUT2D eigenvalue weighted by Gasteiger charge is 2.66. The van der Waals surface area contributed by atoms with Gasteiger partial charge in [0.25, 0.3) is 0 Å². The number of terminal acetylenes is 1. The molecule has 2 aliphatic heterocycles. The van der Waals surface area contributed by atoms with Crippen molar-refractivity contribution in [2.75, 3.05) is 13.2 Å². The van der Waals surface area contributed by atoms with E-state index in [2.05, 4.69) is 39.8 Å². The summed E-state index contributed by atoms with van der Waals surface area (Å²) in [6.07, 6.45) is 4.65. The summed E-state index contributed by atoms with van der Waals surface area (Å²) in [4.78, 5) is 0. The normalized spacial score (nSPS) is 30.8. The monoisotopic (exact) mass is 432 g/mol. The molecular formula is C24H36O5Si. The molecule has 0 saturated carbocycles. The smallest absolute Gasteiger partial charge is 0.192 e. The Morgan fingerprint density at radius 3 is 2.43 bits per heavy atom. The van der Waals surface area contributed by atoms with Gasteiger partial charge in [0.15, 0.2) is 25.8 Å². The fourth-order valence-electron chi connectivity index (χ4n) is 3.77. The van der Waals surface area contributed by atoms with Crippen LogP contribution in [-0.4, -0.2) is 51.2 Å². The van der Waals surface area contributed by atoms with Crippen molar-refractivity contribution in [1.82, 2.24) is 0 Å². The first-order chi connectivity index (χ1) is 13.9. The summed E-state index contributed by atoms with van der Waals surface area (Å²) in [5.74, 6) is 2.01. The van der Waals surface area contributed by atoms with Crippen molar-refractivity contribution in [2.24, 2.45) is 0 Å². The van der Waals surface area contributed by atoms with Gasteiger partial charge in [-0.3, -0.25) is 0 Å². The predicted octanol–water partition coefficient (Wildman–Crippen LogP) is 4.52. The van der Waals surface area contributed by atoms with Gasteiger partial charge >= 0.3 is 0 Å². The van der Waals surface area contributed by atoms with Crippen molar-refractivity contribution in [3.8, 4) is 12.3 Å². The lowest BCUT2D eigenvalue weighted by molar-refractivity contribution is -0.206. The number of fused-ring (bicyclic) bond motifs is 1. The second kappa shape index (κ2) is 8.38. The van der Waals surface area contributed by atoms with Crippen molar-refractivity contribution in [2.45, 2.75) is 89.1 Å². The SMILES string of the molecule is C#C[C@H]1O[C@H](COCc2ccccc2)[C@H]2OC(C)(C)O[C@]21CO[Si](C)(C)C(C)(C)C. The molecule has 1 aromatic rings. The zero-order valence-corrected chi connectivity index (χ0v) is 20.4. The third-order valence-electron chi connectivity index (χ3n) is 6.43. The van der Waals surface area contributed by atoms with Crippen LogP contribution in [0.3, 0.4) is 0 Å². The van der Waals surface area contributed by atoms with E-state index in [4.69, 9.17) is 29.8 Å². The molecule has 6 heteroatoms. The summed E-state index contributed by atoms with van der Waals surface area (Å²) in [5, 5.41) is 0.0808. The van der Waals surface area contributed by atoms with Crippen LogP contribution in [-0.2, 0) is 30.0 Å². The maximum atomic E-state index is 6.55. The van der Waals surface area contributed by atoms with Crippen LogP contribution in [0.4, 0.5) is 0 Å². The van der Waals surface area contributed by atoms with Crippen LogP contribution in [0.15, 0.2) is 30.3 Å². The molecule has 2 heterocycles. The summed E-state index contributed by atoms with van der Waals surface area (Å²) in [6.45, 7) is 16.1. The van der Waals surface area contributed by atoms with Gasteiger partial charge in [-0.05, 0) is 37.5 Å². The van der Waals surface area contributed by atoms with Gasteiger partial charge in [0.05, 0.1) is 19.8 Å². The molecule has 2 aliphatic rings. The molecule has 2 fully saturated rings. The zero-order chi connectivity index (χ0) is 22.2. The summed E-state index contributed by atoms with van der Waals surface area (Å²) < 4.78 is 31.4. The number of hydrogen-bond acceptors (Lipinski definition) is 5. The minimum atomic E-state index is -2.01. The first kappa shape index (κ1) is 23.5. The molecule has 0 N–H and O–H groups in total. The van der Waals surface area contributed by atoms with Gasteiger partial charge in [0.2, 0.25) is 0 Å². The molecule has 3 rings (SSSR count). The maximum Gasteiger partial charge on any atom is 0.192 e. The molecule has 1 aromatic carbocycles. The first-order valence-electron chi connectivity index (χ1n) is 10.7. The molecular weight excluding hydrogens is 396 g/mol. The summed E-state index contributed by atoms with van der Waals surface area (Å²) in [6, 6.07) is 10.1. The van der Waals surface area contributed by atoms with E-state index in [1.165, 1.54) is 0 Å². The van der Waals surface area contributed by atoms with E-state index >= 15 is 0 Å². The molecule has 4 atom stereocenters. The average Bonchev–Trinajstić information content (AvgIpc) is 3.08. The lowest BCUT2D eigenvalue weighted by Gasteiger charge is -2.40. The van der Waals surface area contributed by atoms with E-state index < -0.39 is 25.8 Å². The Kier molecular flexibility index (Phi) is 6.56. The highest BCUT2D eigenvalue weighted by molar-refractivity contribution is 6.74. The Hall–Kier alpha value is -1.20. The van der Waals surface area contributed by atoms with Crippen LogP contribution < -0.4 is 0 Å². The molecule has 0 amide bonds. The van der Waals surface area contributed by atoms with Crippen molar-refractivity contribution in [3.63, 3.8) is 0 Å². The van der Waals surface area contributed by atoms with Crippen LogP contribution in [0, 0.1) is 12.3 Å². The highest BCUT2D eigenvalue weighted by atomic mass is 28.4. The number of ether oxygens (including phenoxy) is 4. The van der Waals surface area contributed by atoms with Gasteiger partial charge in [-0.15, -0.1) is 6.42 Å².